The molecular weight excluding hydrogens is 296 g/mol. The summed E-state index contributed by atoms with van der Waals surface area (Å²) in [5, 5.41) is 14.9. The number of carbonyl (C=O) groups excluding carboxylic acids is 2. The Hall–Kier alpha value is -2.08. The largest absolute Gasteiger partial charge is 0.497 e. The molecule has 0 saturated carbocycles. The van der Waals surface area contributed by atoms with Gasteiger partial charge in [0.25, 0.3) is 0 Å². The lowest BCUT2D eigenvalue weighted by Crippen LogP contribution is -2.41. The number of hydrogen-bond donors (Lipinski definition) is 3. The second-order valence-electron chi connectivity index (χ2n) is 6.46. The van der Waals surface area contributed by atoms with E-state index in [0.29, 0.717) is 6.42 Å². The zero-order chi connectivity index (χ0) is 17.5. The summed E-state index contributed by atoms with van der Waals surface area (Å²) in [4.78, 5) is 23.4. The summed E-state index contributed by atoms with van der Waals surface area (Å²) in [5.41, 5.74) is 0.622. The van der Waals surface area contributed by atoms with E-state index in [1.54, 1.807) is 19.2 Å². The van der Waals surface area contributed by atoms with Crippen molar-refractivity contribution in [2.24, 2.45) is 5.41 Å². The van der Waals surface area contributed by atoms with Gasteiger partial charge in [-0.1, -0.05) is 32.9 Å². The number of ether oxygens (including phenoxy) is 1. The number of rotatable bonds is 6. The number of aliphatic hydroxyl groups is 1. The van der Waals surface area contributed by atoms with Crippen molar-refractivity contribution in [3.05, 3.63) is 29.8 Å². The van der Waals surface area contributed by atoms with Crippen molar-refractivity contribution in [1.82, 2.24) is 10.6 Å². The summed E-state index contributed by atoms with van der Waals surface area (Å²) in [6, 6.07) is 7.21. The van der Waals surface area contributed by atoms with Crippen LogP contribution >= 0.6 is 0 Å². The van der Waals surface area contributed by atoms with Crippen LogP contribution in [0.1, 0.15) is 32.8 Å². The fourth-order valence-corrected chi connectivity index (χ4v) is 1.84. The van der Waals surface area contributed by atoms with Gasteiger partial charge in [-0.2, -0.15) is 0 Å². The molecule has 0 saturated heterocycles. The van der Waals surface area contributed by atoms with E-state index in [1.807, 2.05) is 32.9 Å². The van der Waals surface area contributed by atoms with Gasteiger partial charge in [0.2, 0.25) is 0 Å². The Balaban J connectivity index is 2.32. The molecular formula is C17H26N2O4. The first-order valence-corrected chi connectivity index (χ1v) is 7.61. The lowest BCUT2D eigenvalue weighted by atomic mass is 9.87. The first-order chi connectivity index (χ1) is 10.7. The van der Waals surface area contributed by atoms with E-state index in [0.717, 1.165) is 11.3 Å². The van der Waals surface area contributed by atoms with Crippen LogP contribution in [0.5, 0.6) is 5.75 Å². The second kappa shape index (κ2) is 8.53. The van der Waals surface area contributed by atoms with Gasteiger partial charge in [-0.3, -0.25) is 9.59 Å². The number of benzene rings is 1. The molecule has 6 nitrogen and oxygen atoms in total. The van der Waals surface area contributed by atoms with E-state index in [2.05, 4.69) is 10.6 Å². The molecule has 0 aromatic heterocycles. The van der Waals surface area contributed by atoms with Gasteiger partial charge >= 0.3 is 11.8 Å². The van der Waals surface area contributed by atoms with Gasteiger partial charge in [-0.25, -0.2) is 0 Å². The smallest absolute Gasteiger partial charge is 0.309 e. The zero-order valence-corrected chi connectivity index (χ0v) is 14.2. The second-order valence-corrected chi connectivity index (χ2v) is 6.46. The predicted octanol–water partition coefficient (Wildman–Crippen LogP) is 1.22. The van der Waals surface area contributed by atoms with Crippen molar-refractivity contribution in [2.75, 3.05) is 13.7 Å². The van der Waals surface area contributed by atoms with E-state index in [1.165, 1.54) is 0 Å². The van der Waals surface area contributed by atoms with Crippen molar-refractivity contribution in [3.63, 3.8) is 0 Å². The fourth-order valence-electron chi connectivity index (χ4n) is 1.84. The minimum Gasteiger partial charge on any atom is -0.497 e. The highest BCUT2D eigenvalue weighted by Crippen LogP contribution is 2.20. The highest BCUT2D eigenvalue weighted by Gasteiger charge is 2.22. The molecule has 2 amide bonds. The molecule has 0 fully saturated rings. The lowest BCUT2D eigenvalue weighted by Gasteiger charge is -2.25. The molecule has 0 heterocycles. The standard InChI is InChI=1S/C17H26N2O4/c1-17(2,3)14(20)9-10-18-15(21)16(22)19-11-12-5-7-13(23-4)8-6-12/h5-8,14,20H,9-11H2,1-4H3,(H,18,21)(H,19,22). The molecule has 0 spiro atoms. The summed E-state index contributed by atoms with van der Waals surface area (Å²) in [7, 11) is 1.58. The van der Waals surface area contributed by atoms with E-state index >= 15 is 0 Å². The van der Waals surface area contributed by atoms with E-state index < -0.39 is 17.9 Å². The Labute approximate surface area is 137 Å². The van der Waals surface area contributed by atoms with E-state index in [4.69, 9.17) is 4.74 Å². The third-order valence-electron chi connectivity index (χ3n) is 3.52. The average Bonchev–Trinajstić information content (AvgIpc) is 2.51. The maximum absolute atomic E-state index is 11.7. The molecule has 3 N–H and O–H groups in total. The van der Waals surface area contributed by atoms with Gasteiger partial charge in [0, 0.05) is 13.1 Å². The first-order valence-electron chi connectivity index (χ1n) is 7.61. The quantitative estimate of drug-likeness (QED) is 0.687. The van der Waals surface area contributed by atoms with E-state index in [9.17, 15) is 14.7 Å². The van der Waals surface area contributed by atoms with Crippen LogP contribution in [0.3, 0.4) is 0 Å². The van der Waals surface area contributed by atoms with Crippen molar-refractivity contribution in [2.45, 2.75) is 39.8 Å². The van der Waals surface area contributed by atoms with Crippen LogP contribution in [0.4, 0.5) is 0 Å². The number of carbonyl (C=O) groups is 2. The van der Waals surface area contributed by atoms with Crippen LogP contribution < -0.4 is 15.4 Å². The fraction of sp³-hybridized carbons (Fsp3) is 0.529. The maximum Gasteiger partial charge on any atom is 0.309 e. The van der Waals surface area contributed by atoms with Gasteiger partial charge in [0.1, 0.15) is 5.75 Å². The van der Waals surface area contributed by atoms with E-state index in [-0.39, 0.29) is 18.5 Å². The summed E-state index contributed by atoms with van der Waals surface area (Å²) >= 11 is 0. The van der Waals surface area contributed by atoms with Gasteiger partial charge in [-0.15, -0.1) is 0 Å². The van der Waals surface area contributed by atoms with Crippen molar-refractivity contribution in [1.29, 1.82) is 0 Å². The van der Waals surface area contributed by atoms with Crippen LogP contribution in [-0.2, 0) is 16.1 Å². The number of methoxy groups -OCH3 is 1. The van der Waals surface area contributed by atoms with Gasteiger partial charge in [0.15, 0.2) is 0 Å². The molecule has 0 aliphatic carbocycles. The van der Waals surface area contributed by atoms with Crippen LogP contribution in [0.15, 0.2) is 24.3 Å². The van der Waals surface area contributed by atoms with Gasteiger partial charge in [-0.05, 0) is 29.5 Å². The number of nitrogens with one attached hydrogen (secondary N) is 2. The summed E-state index contributed by atoms with van der Waals surface area (Å²) in [5.74, 6) is -0.652. The minimum atomic E-state index is -0.695. The third kappa shape index (κ3) is 6.69. The van der Waals surface area contributed by atoms with Crippen molar-refractivity contribution >= 4 is 11.8 Å². The van der Waals surface area contributed by atoms with Gasteiger partial charge in [0.05, 0.1) is 13.2 Å². The molecule has 1 aromatic rings. The van der Waals surface area contributed by atoms with Gasteiger partial charge < -0.3 is 20.5 Å². The van der Waals surface area contributed by atoms with Crippen LogP contribution in [0.2, 0.25) is 0 Å². The Kier molecular flexibility index (Phi) is 7.03. The number of amides is 2. The molecule has 0 aliphatic heterocycles. The Morgan fingerprint density at radius 2 is 1.70 bits per heavy atom. The molecule has 1 atom stereocenters. The molecule has 1 unspecified atom stereocenters. The molecule has 128 valence electrons. The Morgan fingerprint density at radius 1 is 1.13 bits per heavy atom. The number of aliphatic hydroxyl groups excluding tert-OH is 1. The van der Waals surface area contributed by atoms with Crippen LogP contribution in [0, 0.1) is 5.41 Å². The molecule has 23 heavy (non-hydrogen) atoms. The summed E-state index contributed by atoms with van der Waals surface area (Å²) in [6.45, 7) is 6.28. The normalized spacial score (nSPS) is 12.4. The molecule has 0 radical (unpaired) electrons. The zero-order valence-electron chi connectivity index (χ0n) is 14.2. The Bertz CT molecular complexity index is 520. The highest BCUT2D eigenvalue weighted by molar-refractivity contribution is 6.35. The minimum absolute atomic E-state index is 0.249. The molecule has 1 aromatic carbocycles. The molecule has 0 bridgehead atoms. The molecule has 0 aliphatic rings. The van der Waals surface area contributed by atoms with Crippen molar-refractivity contribution in [3.8, 4) is 5.75 Å². The first kappa shape index (κ1) is 19.0. The third-order valence-corrected chi connectivity index (χ3v) is 3.52. The molecule has 6 heteroatoms. The Morgan fingerprint density at radius 3 is 2.22 bits per heavy atom. The van der Waals surface area contributed by atoms with Crippen molar-refractivity contribution < 1.29 is 19.4 Å². The average molecular weight is 322 g/mol. The van der Waals surface area contributed by atoms with Crippen LogP contribution in [0.25, 0.3) is 0 Å². The summed E-state index contributed by atoms with van der Waals surface area (Å²) < 4.78 is 5.05. The van der Waals surface area contributed by atoms with Crippen LogP contribution in [-0.4, -0.2) is 36.7 Å². The number of hydrogen-bond acceptors (Lipinski definition) is 4. The topological polar surface area (TPSA) is 87.7 Å². The monoisotopic (exact) mass is 322 g/mol. The maximum atomic E-state index is 11.7. The lowest BCUT2D eigenvalue weighted by molar-refractivity contribution is -0.139. The summed E-state index contributed by atoms with van der Waals surface area (Å²) in [6.07, 6.45) is -0.133. The SMILES string of the molecule is COc1ccc(CNC(=O)C(=O)NCCC(O)C(C)(C)C)cc1. The molecule has 1 rings (SSSR count). The highest BCUT2D eigenvalue weighted by atomic mass is 16.5. The predicted molar refractivity (Wildman–Crippen MR) is 87.9 cm³/mol.